The Labute approximate surface area is 85.1 Å². The minimum atomic E-state index is 0.345. The van der Waals surface area contributed by atoms with Crippen molar-refractivity contribution in [3.05, 3.63) is 29.8 Å². The van der Waals surface area contributed by atoms with E-state index in [-0.39, 0.29) is 0 Å². The van der Waals surface area contributed by atoms with Gasteiger partial charge in [-0.3, -0.25) is 0 Å². The number of rotatable bonds is 3. The lowest BCUT2D eigenvalue weighted by molar-refractivity contribution is 0.0998. The van der Waals surface area contributed by atoms with Crippen LogP contribution < -0.4 is 10.5 Å². The first-order valence-electron chi connectivity index (χ1n) is 5.29. The van der Waals surface area contributed by atoms with Crippen molar-refractivity contribution in [1.29, 1.82) is 0 Å². The van der Waals surface area contributed by atoms with Crippen LogP contribution in [-0.4, -0.2) is 12.1 Å². The van der Waals surface area contributed by atoms with E-state index in [9.17, 15) is 0 Å². The Morgan fingerprint density at radius 2 is 2.07 bits per heavy atom. The summed E-state index contributed by atoms with van der Waals surface area (Å²) in [6.07, 6.45) is 3.36. The molecule has 76 valence electrons. The zero-order valence-corrected chi connectivity index (χ0v) is 8.57. The second-order valence-corrected chi connectivity index (χ2v) is 3.93. The number of para-hydroxylation sites is 1. The van der Waals surface area contributed by atoms with Crippen LogP contribution in [0.15, 0.2) is 24.3 Å². The fourth-order valence-corrected chi connectivity index (χ4v) is 1.79. The summed E-state index contributed by atoms with van der Waals surface area (Å²) >= 11 is 0. The van der Waals surface area contributed by atoms with Gasteiger partial charge in [0.25, 0.3) is 0 Å². The number of hydrogen-bond donors (Lipinski definition) is 1. The smallest absolute Gasteiger partial charge is 0.122 e. The molecule has 1 aliphatic carbocycles. The van der Waals surface area contributed by atoms with Crippen molar-refractivity contribution in [2.24, 2.45) is 5.73 Å². The molecule has 0 aromatic heterocycles. The van der Waals surface area contributed by atoms with Gasteiger partial charge in [0.1, 0.15) is 11.9 Å². The first-order chi connectivity index (χ1) is 6.79. The first-order valence-corrected chi connectivity index (χ1v) is 5.29. The third kappa shape index (κ3) is 1.90. The van der Waals surface area contributed by atoms with Gasteiger partial charge in [-0.1, -0.05) is 25.1 Å². The summed E-state index contributed by atoms with van der Waals surface area (Å²) in [5.41, 5.74) is 7.00. The first kappa shape index (κ1) is 9.53. The third-order valence-corrected chi connectivity index (χ3v) is 2.78. The van der Waals surface area contributed by atoms with E-state index in [4.69, 9.17) is 10.5 Å². The van der Waals surface area contributed by atoms with E-state index in [1.165, 1.54) is 5.56 Å². The van der Waals surface area contributed by atoms with E-state index < -0.39 is 0 Å². The Balaban J connectivity index is 2.01. The molecule has 0 spiro atoms. The second kappa shape index (κ2) is 4.01. The van der Waals surface area contributed by atoms with E-state index in [0.29, 0.717) is 12.1 Å². The van der Waals surface area contributed by atoms with Crippen LogP contribution in [0.4, 0.5) is 0 Å². The highest BCUT2D eigenvalue weighted by Crippen LogP contribution is 2.27. The standard InChI is InChI=1S/C12H17NO/c1-2-9-5-3-4-6-12(9)14-11-7-10(13)8-11/h3-6,10-11H,2,7-8,13H2,1H3. The number of benzene rings is 1. The minimum absolute atomic E-state index is 0.345. The Morgan fingerprint density at radius 1 is 1.36 bits per heavy atom. The molecule has 0 bridgehead atoms. The molecule has 2 heteroatoms. The van der Waals surface area contributed by atoms with E-state index in [1.54, 1.807) is 0 Å². The van der Waals surface area contributed by atoms with Crippen molar-refractivity contribution in [3.63, 3.8) is 0 Å². The maximum atomic E-state index is 5.86. The summed E-state index contributed by atoms with van der Waals surface area (Å²) in [7, 11) is 0. The summed E-state index contributed by atoms with van der Waals surface area (Å²) in [6.45, 7) is 2.15. The normalized spacial score (nSPS) is 25.6. The van der Waals surface area contributed by atoms with Crippen LogP contribution in [0.3, 0.4) is 0 Å². The van der Waals surface area contributed by atoms with Crippen LogP contribution in [0.25, 0.3) is 0 Å². The molecule has 2 nitrogen and oxygen atoms in total. The van der Waals surface area contributed by atoms with Crippen molar-refractivity contribution in [3.8, 4) is 5.75 Å². The molecule has 1 fully saturated rings. The van der Waals surface area contributed by atoms with Gasteiger partial charge in [0.15, 0.2) is 0 Å². The highest BCUT2D eigenvalue weighted by Gasteiger charge is 2.27. The van der Waals surface area contributed by atoms with Crippen LogP contribution in [0.5, 0.6) is 5.75 Å². The summed E-state index contributed by atoms with van der Waals surface area (Å²) in [4.78, 5) is 0. The zero-order chi connectivity index (χ0) is 9.97. The molecule has 1 saturated carbocycles. The average molecular weight is 191 g/mol. The van der Waals surface area contributed by atoms with Gasteiger partial charge in [0.05, 0.1) is 0 Å². The molecule has 0 unspecified atom stereocenters. The molecule has 2 N–H and O–H groups in total. The zero-order valence-electron chi connectivity index (χ0n) is 8.57. The number of hydrogen-bond acceptors (Lipinski definition) is 2. The molecular weight excluding hydrogens is 174 g/mol. The fourth-order valence-electron chi connectivity index (χ4n) is 1.79. The topological polar surface area (TPSA) is 35.2 Å². The third-order valence-electron chi connectivity index (χ3n) is 2.78. The highest BCUT2D eigenvalue weighted by atomic mass is 16.5. The fraction of sp³-hybridized carbons (Fsp3) is 0.500. The molecule has 2 rings (SSSR count). The second-order valence-electron chi connectivity index (χ2n) is 3.93. The Kier molecular flexibility index (Phi) is 2.73. The van der Waals surface area contributed by atoms with Gasteiger partial charge >= 0.3 is 0 Å². The number of nitrogens with two attached hydrogens (primary N) is 1. The number of aryl methyl sites for hydroxylation is 1. The van der Waals surface area contributed by atoms with Gasteiger partial charge < -0.3 is 10.5 Å². The van der Waals surface area contributed by atoms with Crippen LogP contribution in [0, 0.1) is 0 Å². The van der Waals surface area contributed by atoms with Gasteiger partial charge in [0.2, 0.25) is 0 Å². The monoisotopic (exact) mass is 191 g/mol. The largest absolute Gasteiger partial charge is 0.490 e. The van der Waals surface area contributed by atoms with Gasteiger partial charge in [-0.15, -0.1) is 0 Å². The molecule has 0 saturated heterocycles. The van der Waals surface area contributed by atoms with Crippen molar-refractivity contribution in [2.45, 2.75) is 38.3 Å². The molecule has 0 heterocycles. The predicted molar refractivity (Wildman–Crippen MR) is 57.4 cm³/mol. The Morgan fingerprint density at radius 3 is 2.71 bits per heavy atom. The maximum Gasteiger partial charge on any atom is 0.122 e. The summed E-state index contributed by atoms with van der Waals surface area (Å²) < 4.78 is 5.86. The summed E-state index contributed by atoms with van der Waals surface area (Å²) in [5.74, 6) is 1.03. The van der Waals surface area contributed by atoms with Crippen molar-refractivity contribution in [2.75, 3.05) is 0 Å². The van der Waals surface area contributed by atoms with Gasteiger partial charge in [0, 0.05) is 6.04 Å². The SMILES string of the molecule is CCc1ccccc1OC1CC(N)C1. The Bertz CT molecular complexity index is 305. The summed E-state index contributed by atoms with van der Waals surface area (Å²) in [5, 5.41) is 0. The van der Waals surface area contributed by atoms with Crippen LogP contribution >= 0.6 is 0 Å². The molecule has 1 aromatic rings. The lowest BCUT2D eigenvalue weighted by Gasteiger charge is -2.33. The van der Waals surface area contributed by atoms with E-state index in [2.05, 4.69) is 19.1 Å². The van der Waals surface area contributed by atoms with Crippen LogP contribution in [-0.2, 0) is 6.42 Å². The van der Waals surface area contributed by atoms with E-state index >= 15 is 0 Å². The van der Waals surface area contributed by atoms with Gasteiger partial charge in [-0.05, 0) is 30.9 Å². The Hall–Kier alpha value is -1.02. The van der Waals surface area contributed by atoms with Crippen molar-refractivity contribution >= 4 is 0 Å². The van der Waals surface area contributed by atoms with Gasteiger partial charge in [-0.2, -0.15) is 0 Å². The van der Waals surface area contributed by atoms with Gasteiger partial charge in [-0.25, -0.2) is 0 Å². The molecule has 1 aliphatic rings. The lowest BCUT2D eigenvalue weighted by Crippen LogP contribution is -2.43. The van der Waals surface area contributed by atoms with E-state index in [0.717, 1.165) is 25.0 Å². The molecule has 0 radical (unpaired) electrons. The molecule has 0 atom stereocenters. The molecular formula is C12H17NO. The van der Waals surface area contributed by atoms with Crippen molar-refractivity contribution < 1.29 is 4.74 Å². The van der Waals surface area contributed by atoms with Crippen LogP contribution in [0.2, 0.25) is 0 Å². The molecule has 0 amide bonds. The maximum absolute atomic E-state index is 5.86. The predicted octanol–water partition coefficient (Wildman–Crippen LogP) is 2.12. The number of ether oxygens (including phenoxy) is 1. The van der Waals surface area contributed by atoms with Crippen molar-refractivity contribution in [1.82, 2.24) is 0 Å². The summed E-state index contributed by atoms with van der Waals surface area (Å²) in [6, 6.07) is 8.59. The molecule has 0 aliphatic heterocycles. The minimum Gasteiger partial charge on any atom is -0.490 e. The van der Waals surface area contributed by atoms with E-state index in [1.807, 2.05) is 12.1 Å². The quantitative estimate of drug-likeness (QED) is 0.794. The van der Waals surface area contributed by atoms with Crippen LogP contribution in [0.1, 0.15) is 25.3 Å². The molecule has 14 heavy (non-hydrogen) atoms. The molecule has 1 aromatic carbocycles. The lowest BCUT2D eigenvalue weighted by atomic mass is 9.90. The average Bonchev–Trinajstić information content (AvgIpc) is 2.16. The highest BCUT2D eigenvalue weighted by molar-refractivity contribution is 5.33.